The molecule has 0 bridgehead atoms. The summed E-state index contributed by atoms with van der Waals surface area (Å²) >= 11 is 0. The zero-order chi connectivity index (χ0) is 30.5. The molecule has 0 fully saturated rings. The minimum absolute atomic E-state index is 0. The Morgan fingerprint density at radius 3 is 2.17 bits per heavy atom. The second-order valence-electron chi connectivity index (χ2n) is 12.2. The van der Waals surface area contributed by atoms with Gasteiger partial charge in [-0.15, -0.1) is 11.5 Å². The number of imidazole rings is 1. The van der Waals surface area contributed by atoms with E-state index < -0.39 is 8.07 Å². The molecule has 0 aliphatic carbocycles. The molecule has 46 heavy (non-hydrogen) atoms. The summed E-state index contributed by atoms with van der Waals surface area (Å²) in [6.07, 6.45) is 3.44. The zero-order valence-corrected chi connectivity index (χ0v) is 29.1. The smallest absolute Gasteiger partial charge is 0.518 e. The van der Waals surface area contributed by atoms with E-state index in [0.717, 1.165) is 39.4 Å². The van der Waals surface area contributed by atoms with Crippen LogP contribution in [0.15, 0.2) is 127 Å². The first kappa shape index (κ1) is 30.2. The van der Waals surface area contributed by atoms with Crippen LogP contribution in [-0.2, 0) is 21.1 Å². The van der Waals surface area contributed by atoms with Gasteiger partial charge in [-0.25, -0.2) is 0 Å². The van der Waals surface area contributed by atoms with Crippen molar-refractivity contribution < 1.29 is 30.4 Å². The molecule has 0 spiro atoms. The van der Waals surface area contributed by atoms with Gasteiger partial charge in [-0.05, 0) is 36.3 Å². The standard InChI is InChI=1S/C20H15BOSi.C20H15N2.Pt/c1-23(2)18-12-6-4-9-15(18)21-14-8-3-5-10-16(14)22-17-11-7-13-19(23)20(17)21;1-16-11-13-18(14-12-16)22-15-21(17-7-3-2-4-8-17)19-9-5-6-10-20(19)22;/h3-7,10-13H,1-2H3;2-7,9-14H,1H3;/q-2;-1;+4. The third kappa shape index (κ3) is 4.99. The number of para-hydroxylation sites is 3. The maximum Gasteiger partial charge on any atom is 4.00 e. The van der Waals surface area contributed by atoms with Gasteiger partial charge in [-0.1, -0.05) is 72.4 Å². The molecule has 3 nitrogen and oxygen atoms in total. The number of aryl methyl sites for hydroxylation is 1. The molecule has 222 valence electrons. The van der Waals surface area contributed by atoms with E-state index in [4.69, 9.17) is 4.74 Å². The minimum atomic E-state index is -1.73. The molecular formula is C40H30BN2OPtSi+. The van der Waals surface area contributed by atoms with Crippen LogP contribution < -0.4 is 36.1 Å². The molecule has 0 atom stereocenters. The topological polar surface area (TPSA) is 18.0 Å². The van der Waals surface area contributed by atoms with Crippen molar-refractivity contribution in [2.75, 3.05) is 0 Å². The molecule has 0 amide bonds. The molecule has 0 saturated carbocycles. The Balaban J connectivity index is 0.000000144. The molecule has 2 aliphatic rings. The van der Waals surface area contributed by atoms with Crippen molar-refractivity contribution in [3.05, 3.63) is 157 Å². The zero-order valence-electron chi connectivity index (χ0n) is 25.8. The molecule has 0 unspecified atom stereocenters. The molecule has 7 aromatic rings. The van der Waals surface area contributed by atoms with Crippen molar-refractivity contribution in [1.82, 2.24) is 4.57 Å². The number of nitrogens with zero attached hydrogens (tertiary/aromatic N) is 2. The van der Waals surface area contributed by atoms with E-state index >= 15 is 0 Å². The molecule has 0 radical (unpaired) electrons. The largest absolute Gasteiger partial charge is 4.00 e. The summed E-state index contributed by atoms with van der Waals surface area (Å²) in [6, 6.07) is 54.0. The summed E-state index contributed by atoms with van der Waals surface area (Å²) in [4.78, 5) is 0. The van der Waals surface area contributed by atoms with Gasteiger partial charge in [-0.3, -0.25) is 4.57 Å². The van der Waals surface area contributed by atoms with Gasteiger partial charge < -0.3 is 9.30 Å². The van der Waals surface area contributed by atoms with Crippen LogP contribution in [0.3, 0.4) is 0 Å². The Morgan fingerprint density at radius 2 is 1.37 bits per heavy atom. The van der Waals surface area contributed by atoms with Crippen molar-refractivity contribution in [2.24, 2.45) is 0 Å². The molecule has 2 aliphatic heterocycles. The Bertz CT molecular complexity index is 2190. The Kier molecular flexibility index (Phi) is 7.92. The van der Waals surface area contributed by atoms with Gasteiger partial charge in [0.25, 0.3) is 6.33 Å². The average molecular weight is 789 g/mol. The van der Waals surface area contributed by atoms with Gasteiger partial charge in [0.1, 0.15) is 5.75 Å². The second kappa shape index (κ2) is 12.1. The van der Waals surface area contributed by atoms with Crippen LogP contribution in [0.5, 0.6) is 11.5 Å². The third-order valence-electron chi connectivity index (χ3n) is 9.02. The normalized spacial score (nSPS) is 13.2. The van der Waals surface area contributed by atoms with Gasteiger partial charge in [0, 0.05) is 5.75 Å². The molecule has 3 heterocycles. The van der Waals surface area contributed by atoms with Crippen LogP contribution >= 0.6 is 0 Å². The maximum atomic E-state index is 6.21. The molecular weight excluding hydrogens is 758 g/mol. The fourth-order valence-corrected chi connectivity index (χ4v) is 9.95. The van der Waals surface area contributed by atoms with Crippen molar-refractivity contribution in [3.63, 3.8) is 0 Å². The van der Waals surface area contributed by atoms with Crippen LogP contribution in [0, 0.1) is 31.5 Å². The number of fused-ring (bicyclic) bond motifs is 5. The first-order chi connectivity index (χ1) is 22.0. The van der Waals surface area contributed by atoms with Gasteiger partial charge in [0.2, 0.25) is 0 Å². The SMILES string of the molecule is C[Si]1(C)c2ccc[c-]c2B2c3[c-]cccc3Oc3cccc1c32.Cc1ccc(-[n+]2[c-]n(-c3[c-]cccc3)c3ccccc32)cc1.[Pt+4]. The van der Waals surface area contributed by atoms with E-state index in [1.807, 2.05) is 48.5 Å². The molecule has 6 aromatic carbocycles. The van der Waals surface area contributed by atoms with E-state index in [1.54, 1.807) is 0 Å². The summed E-state index contributed by atoms with van der Waals surface area (Å²) in [6.45, 7) is 7.15. The fourth-order valence-electron chi connectivity index (χ4n) is 6.80. The number of benzene rings is 6. The van der Waals surface area contributed by atoms with E-state index in [1.165, 1.54) is 26.9 Å². The first-order valence-corrected chi connectivity index (χ1v) is 18.3. The monoisotopic (exact) mass is 788 g/mol. The Morgan fingerprint density at radius 1 is 0.674 bits per heavy atom. The van der Waals surface area contributed by atoms with Gasteiger partial charge in [0.15, 0.2) is 6.71 Å². The van der Waals surface area contributed by atoms with E-state index in [0.29, 0.717) is 0 Å². The predicted molar refractivity (Wildman–Crippen MR) is 186 cm³/mol. The van der Waals surface area contributed by atoms with E-state index in [2.05, 4.69) is 133 Å². The van der Waals surface area contributed by atoms with E-state index in [-0.39, 0.29) is 27.8 Å². The van der Waals surface area contributed by atoms with Crippen LogP contribution in [-0.4, -0.2) is 19.4 Å². The van der Waals surface area contributed by atoms with Gasteiger partial charge >= 0.3 is 21.1 Å². The van der Waals surface area contributed by atoms with Crippen molar-refractivity contribution in [3.8, 4) is 22.9 Å². The average Bonchev–Trinajstić information content (AvgIpc) is 3.47. The maximum absolute atomic E-state index is 6.21. The summed E-state index contributed by atoms with van der Waals surface area (Å²) < 4.78 is 10.4. The molecule has 1 aromatic heterocycles. The summed E-state index contributed by atoms with van der Waals surface area (Å²) in [5.41, 5.74) is 9.39. The summed E-state index contributed by atoms with van der Waals surface area (Å²) in [5, 5.41) is 2.97. The van der Waals surface area contributed by atoms with Crippen LogP contribution in [0.4, 0.5) is 0 Å². The number of rotatable bonds is 2. The quantitative estimate of drug-likeness (QED) is 0.139. The first-order valence-electron chi connectivity index (χ1n) is 15.3. The van der Waals surface area contributed by atoms with Crippen LogP contribution in [0.25, 0.3) is 22.4 Å². The number of hydrogen-bond donors (Lipinski definition) is 0. The summed E-state index contributed by atoms with van der Waals surface area (Å²) in [5.74, 6) is 1.93. The van der Waals surface area contributed by atoms with Crippen molar-refractivity contribution in [2.45, 2.75) is 20.0 Å². The van der Waals surface area contributed by atoms with Gasteiger partial charge in [0.05, 0.1) is 24.8 Å². The molecule has 0 N–H and O–H groups in total. The minimum Gasteiger partial charge on any atom is -0.518 e. The Hall–Kier alpha value is -4.44. The number of aromatic nitrogens is 2. The predicted octanol–water partition coefficient (Wildman–Crippen LogP) is 4.86. The molecule has 9 rings (SSSR count). The number of hydrogen-bond acceptors (Lipinski definition) is 1. The Labute approximate surface area is 286 Å². The number of ether oxygens (including phenoxy) is 1. The second-order valence-corrected chi connectivity index (χ2v) is 16.5. The van der Waals surface area contributed by atoms with Crippen molar-refractivity contribution in [1.29, 1.82) is 0 Å². The fraction of sp³-hybridized carbons (Fsp3) is 0.0750. The molecule has 0 saturated heterocycles. The van der Waals surface area contributed by atoms with Crippen LogP contribution in [0.2, 0.25) is 13.1 Å². The molecule has 6 heteroatoms. The van der Waals surface area contributed by atoms with Crippen LogP contribution in [0.1, 0.15) is 5.56 Å². The van der Waals surface area contributed by atoms with Gasteiger partial charge in [-0.2, -0.15) is 83.4 Å². The summed E-state index contributed by atoms with van der Waals surface area (Å²) in [7, 11) is -1.73. The van der Waals surface area contributed by atoms with E-state index in [9.17, 15) is 0 Å². The van der Waals surface area contributed by atoms with Crippen molar-refractivity contribution >= 4 is 52.6 Å². The third-order valence-corrected chi connectivity index (χ3v) is 12.6.